The SMILES string of the molecule is O=c1oc2ccccc2cc1-c1ccccn1.[Ir]. The van der Waals surface area contributed by atoms with E-state index < -0.39 is 0 Å². The maximum atomic E-state index is 11.8. The predicted molar refractivity (Wildman–Crippen MR) is 65.7 cm³/mol. The summed E-state index contributed by atoms with van der Waals surface area (Å²) in [5.41, 5.74) is 1.36. The fourth-order valence-electron chi connectivity index (χ4n) is 1.76. The number of hydrogen-bond donors (Lipinski definition) is 0. The quantitative estimate of drug-likeness (QED) is 0.574. The van der Waals surface area contributed by atoms with E-state index in [4.69, 9.17) is 4.42 Å². The summed E-state index contributed by atoms with van der Waals surface area (Å²) in [7, 11) is 0. The molecule has 3 nitrogen and oxygen atoms in total. The van der Waals surface area contributed by atoms with Crippen molar-refractivity contribution >= 4 is 11.0 Å². The second kappa shape index (κ2) is 5.25. The number of aromatic nitrogens is 1. The molecule has 0 unspecified atom stereocenters. The van der Waals surface area contributed by atoms with Crippen LogP contribution in [0.3, 0.4) is 0 Å². The number of benzene rings is 1. The van der Waals surface area contributed by atoms with Crippen molar-refractivity contribution < 1.29 is 24.5 Å². The molecule has 0 spiro atoms. The molecule has 91 valence electrons. The Kier molecular flexibility index (Phi) is 3.70. The zero-order valence-electron chi connectivity index (χ0n) is 9.29. The molecule has 18 heavy (non-hydrogen) atoms. The van der Waals surface area contributed by atoms with E-state index in [1.165, 1.54) is 0 Å². The summed E-state index contributed by atoms with van der Waals surface area (Å²) < 4.78 is 5.25. The smallest absolute Gasteiger partial charge is 0.345 e. The molecule has 0 bridgehead atoms. The molecule has 0 amide bonds. The molecule has 3 rings (SSSR count). The van der Waals surface area contributed by atoms with Gasteiger partial charge in [-0.1, -0.05) is 24.3 Å². The Morgan fingerprint density at radius 3 is 2.56 bits per heavy atom. The Morgan fingerprint density at radius 1 is 1.00 bits per heavy atom. The molecule has 0 fully saturated rings. The Morgan fingerprint density at radius 2 is 1.78 bits per heavy atom. The van der Waals surface area contributed by atoms with Gasteiger partial charge in [0.25, 0.3) is 0 Å². The number of hydrogen-bond acceptors (Lipinski definition) is 3. The molecule has 1 aromatic carbocycles. The van der Waals surface area contributed by atoms with Crippen LogP contribution in [0.5, 0.6) is 0 Å². The minimum absolute atomic E-state index is 0. The zero-order chi connectivity index (χ0) is 11.7. The van der Waals surface area contributed by atoms with Gasteiger partial charge in [-0.05, 0) is 24.3 Å². The van der Waals surface area contributed by atoms with Crippen molar-refractivity contribution in [2.24, 2.45) is 0 Å². The van der Waals surface area contributed by atoms with E-state index in [1.807, 2.05) is 36.4 Å². The number of para-hydroxylation sites is 1. The third-order valence-corrected chi connectivity index (χ3v) is 2.58. The van der Waals surface area contributed by atoms with Gasteiger partial charge in [-0.25, -0.2) is 4.79 Å². The molecule has 2 aromatic heterocycles. The number of fused-ring (bicyclic) bond motifs is 1. The first-order valence-corrected chi connectivity index (χ1v) is 5.29. The molecule has 4 heteroatoms. The topological polar surface area (TPSA) is 43.1 Å². The summed E-state index contributed by atoms with van der Waals surface area (Å²) >= 11 is 0. The third kappa shape index (κ3) is 2.26. The van der Waals surface area contributed by atoms with E-state index in [2.05, 4.69) is 4.98 Å². The summed E-state index contributed by atoms with van der Waals surface area (Å²) in [6.45, 7) is 0. The van der Waals surface area contributed by atoms with E-state index in [0.29, 0.717) is 16.8 Å². The van der Waals surface area contributed by atoms with Crippen molar-refractivity contribution in [1.29, 1.82) is 0 Å². The van der Waals surface area contributed by atoms with Gasteiger partial charge >= 0.3 is 5.63 Å². The molecule has 0 aliphatic carbocycles. The normalized spacial score (nSPS) is 10.0. The van der Waals surface area contributed by atoms with Gasteiger partial charge in [-0.15, -0.1) is 0 Å². The first-order valence-electron chi connectivity index (χ1n) is 5.29. The van der Waals surface area contributed by atoms with E-state index in [-0.39, 0.29) is 25.7 Å². The number of nitrogens with zero attached hydrogens (tertiary/aromatic N) is 1. The third-order valence-electron chi connectivity index (χ3n) is 2.58. The van der Waals surface area contributed by atoms with Crippen LogP contribution < -0.4 is 5.63 Å². The van der Waals surface area contributed by atoms with Gasteiger partial charge in [0.1, 0.15) is 5.58 Å². The molecular formula is C14H9IrNO2. The standard InChI is InChI=1S/C14H9NO2.Ir/c16-14-11(12-6-3-4-8-15-12)9-10-5-1-2-7-13(10)17-14;/h1-9H;. The van der Waals surface area contributed by atoms with E-state index >= 15 is 0 Å². The van der Waals surface area contributed by atoms with Gasteiger partial charge < -0.3 is 4.42 Å². The van der Waals surface area contributed by atoms with Gasteiger partial charge in [-0.3, -0.25) is 4.98 Å². The van der Waals surface area contributed by atoms with Gasteiger partial charge in [0.15, 0.2) is 0 Å². The van der Waals surface area contributed by atoms with Gasteiger partial charge in [-0.2, -0.15) is 0 Å². The molecule has 2 heterocycles. The Bertz CT molecular complexity index is 722. The molecule has 0 aliphatic rings. The summed E-state index contributed by atoms with van der Waals surface area (Å²) in [6.07, 6.45) is 1.66. The van der Waals surface area contributed by atoms with Gasteiger partial charge in [0.2, 0.25) is 0 Å². The van der Waals surface area contributed by atoms with Crippen LogP contribution in [0.25, 0.3) is 22.2 Å². The van der Waals surface area contributed by atoms with Crippen LogP contribution in [0.15, 0.2) is 63.9 Å². The van der Waals surface area contributed by atoms with Crippen LogP contribution in [0.2, 0.25) is 0 Å². The second-order valence-corrected chi connectivity index (χ2v) is 3.70. The van der Waals surface area contributed by atoms with Crippen LogP contribution in [-0.2, 0) is 20.1 Å². The van der Waals surface area contributed by atoms with Crippen molar-refractivity contribution in [2.75, 3.05) is 0 Å². The molecule has 0 saturated heterocycles. The molecule has 1 radical (unpaired) electrons. The maximum absolute atomic E-state index is 11.8. The minimum Gasteiger partial charge on any atom is -0.422 e. The van der Waals surface area contributed by atoms with E-state index in [9.17, 15) is 4.79 Å². The van der Waals surface area contributed by atoms with Crippen molar-refractivity contribution in [2.45, 2.75) is 0 Å². The van der Waals surface area contributed by atoms with Crippen molar-refractivity contribution in [3.8, 4) is 11.3 Å². The van der Waals surface area contributed by atoms with Crippen molar-refractivity contribution in [3.63, 3.8) is 0 Å². The fraction of sp³-hybridized carbons (Fsp3) is 0. The summed E-state index contributed by atoms with van der Waals surface area (Å²) in [6, 6.07) is 14.7. The van der Waals surface area contributed by atoms with Crippen LogP contribution in [0.4, 0.5) is 0 Å². The fourth-order valence-corrected chi connectivity index (χ4v) is 1.76. The molecule has 0 N–H and O–H groups in total. The first-order chi connectivity index (χ1) is 8.34. The Labute approximate surface area is 117 Å². The number of pyridine rings is 1. The van der Waals surface area contributed by atoms with Gasteiger partial charge in [0, 0.05) is 31.7 Å². The average molecular weight is 415 g/mol. The minimum atomic E-state index is -0.359. The van der Waals surface area contributed by atoms with Gasteiger partial charge in [0.05, 0.1) is 11.3 Å². The maximum Gasteiger partial charge on any atom is 0.345 e. The average Bonchev–Trinajstić information content (AvgIpc) is 2.39. The molecule has 0 aliphatic heterocycles. The van der Waals surface area contributed by atoms with Crippen molar-refractivity contribution in [3.05, 3.63) is 65.1 Å². The van der Waals surface area contributed by atoms with E-state index in [0.717, 1.165) is 5.39 Å². The number of rotatable bonds is 1. The predicted octanol–water partition coefficient (Wildman–Crippen LogP) is 2.85. The van der Waals surface area contributed by atoms with Crippen LogP contribution in [-0.4, -0.2) is 4.98 Å². The molecule has 3 aromatic rings. The first kappa shape index (κ1) is 12.7. The summed E-state index contributed by atoms with van der Waals surface area (Å²) in [5.74, 6) is 0. The van der Waals surface area contributed by atoms with Crippen LogP contribution in [0, 0.1) is 0 Å². The summed E-state index contributed by atoms with van der Waals surface area (Å²) in [5, 5.41) is 0.896. The second-order valence-electron chi connectivity index (χ2n) is 3.70. The largest absolute Gasteiger partial charge is 0.422 e. The molecule has 0 atom stereocenters. The van der Waals surface area contributed by atoms with Crippen LogP contribution in [0.1, 0.15) is 0 Å². The van der Waals surface area contributed by atoms with E-state index in [1.54, 1.807) is 18.3 Å². The summed E-state index contributed by atoms with van der Waals surface area (Å²) in [4.78, 5) is 16.0. The van der Waals surface area contributed by atoms with Crippen molar-refractivity contribution in [1.82, 2.24) is 4.98 Å². The molecular weight excluding hydrogens is 406 g/mol. The monoisotopic (exact) mass is 416 g/mol. The Hall–Kier alpha value is -1.77. The zero-order valence-corrected chi connectivity index (χ0v) is 11.7. The Balaban J connectivity index is 0.00000120. The molecule has 0 saturated carbocycles. The van der Waals surface area contributed by atoms with Crippen LogP contribution >= 0.6 is 0 Å².